The Balaban J connectivity index is 2.17. The van der Waals surface area contributed by atoms with Crippen LogP contribution >= 0.6 is 11.6 Å². The fourth-order valence-corrected chi connectivity index (χ4v) is 1.92. The second-order valence-electron chi connectivity index (χ2n) is 5.21. The number of halogens is 1. The van der Waals surface area contributed by atoms with E-state index >= 15 is 0 Å². The molecule has 0 saturated heterocycles. The van der Waals surface area contributed by atoms with Crippen LogP contribution in [0.1, 0.15) is 20.3 Å². The van der Waals surface area contributed by atoms with E-state index in [4.69, 9.17) is 16.3 Å². The largest absolute Gasteiger partial charge is 0.494 e. The topological polar surface area (TPSA) is 32.7 Å². The van der Waals surface area contributed by atoms with Crippen LogP contribution in [0, 0.1) is 0 Å². The summed E-state index contributed by atoms with van der Waals surface area (Å²) in [6.07, 6.45) is 0.926. The van der Waals surface area contributed by atoms with Crippen LogP contribution in [0.15, 0.2) is 24.3 Å². The van der Waals surface area contributed by atoms with Gasteiger partial charge in [-0.15, -0.1) is 0 Å². The molecule has 0 saturated carbocycles. The molecule has 1 N–H and O–H groups in total. The van der Waals surface area contributed by atoms with E-state index in [1.54, 1.807) is 0 Å². The first kappa shape index (κ1) is 15.3. The fourth-order valence-electron chi connectivity index (χ4n) is 1.79. The molecule has 1 rings (SSSR count). The second-order valence-corrected chi connectivity index (χ2v) is 5.64. The minimum Gasteiger partial charge on any atom is -0.494 e. The molecule has 0 spiro atoms. The Morgan fingerprint density at radius 3 is 2.44 bits per heavy atom. The third-order valence-corrected chi connectivity index (χ3v) is 2.68. The molecule has 0 aliphatic carbocycles. The lowest BCUT2D eigenvalue weighted by atomic mass is 10.1. The van der Waals surface area contributed by atoms with Gasteiger partial charge in [0, 0.05) is 18.1 Å². The maximum atomic E-state index is 9.66. The highest BCUT2D eigenvalue weighted by Crippen LogP contribution is 2.15. The predicted molar refractivity (Wildman–Crippen MR) is 75.4 cm³/mol. The van der Waals surface area contributed by atoms with Crippen molar-refractivity contribution in [2.45, 2.75) is 25.9 Å². The zero-order valence-corrected chi connectivity index (χ0v) is 12.1. The number of rotatable bonds is 7. The standard InChI is InChI=1S/C14H22ClNO2/c1-14(2,17)11-16(3)9-4-10-18-13-7-5-12(15)6-8-13/h5-8,17H,4,9-11H2,1-3H3. The van der Waals surface area contributed by atoms with E-state index in [0.717, 1.165) is 18.7 Å². The lowest BCUT2D eigenvalue weighted by molar-refractivity contribution is 0.0433. The van der Waals surface area contributed by atoms with Crippen LogP contribution < -0.4 is 4.74 Å². The fraction of sp³-hybridized carbons (Fsp3) is 0.571. The van der Waals surface area contributed by atoms with E-state index in [1.807, 2.05) is 45.2 Å². The summed E-state index contributed by atoms with van der Waals surface area (Å²) in [6.45, 7) is 5.85. The van der Waals surface area contributed by atoms with Gasteiger partial charge < -0.3 is 14.7 Å². The van der Waals surface area contributed by atoms with Crippen LogP contribution in [-0.4, -0.2) is 42.4 Å². The van der Waals surface area contributed by atoms with Gasteiger partial charge in [-0.2, -0.15) is 0 Å². The lowest BCUT2D eigenvalue weighted by Gasteiger charge is -2.25. The Morgan fingerprint density at radius 2 is 1.89 bits per heavy atom. The molecule has 1 aromatic carbocycles. The van der Waals surface area contributed by atoms with Crippen molar-refractivity contribution in [1.82, 2.24) is 4.90 Å². The van der Waals surface area contributed by atoms with Crippen LogP contribution in [0.4, 0.5) is 0 Å². The van der Waals surface area contributed by atoms with Gasteiger partial charge in [-0.3, -0.25) is 0 Å². The molecule has 0 bridgehead atoms. The van der Waals surface area contributed by atoms with Crippen molar-refractivity contribution < 1.29 is 9.84 Å². The molecule has 0 amide bonds. The molecule has 4 heteroatoms. The lowest BCUT2D eigenvalue weighted by Crippen LogP contribution is -2.37. The molecule has 18 heavy (non-hydrogen) atoms. The first-order valence-corrected chi connectivity index (χ1v) is 6.54. The molecule has 0 aliphatic heterocycles. The van der Waals surface area contributed by atoms with E-state index in [-0.39, 0.29) is 0 Å². The van der Waals surface area contributed by atoms with Gasteiger partial charge in [0.15, 0.2) is 0 Å². The van der Waals surface area contributed by atoms with E-state index in [9.17, 15) is 5.11 Å². The smallest absolute Gasteiger partial charge is 0.119 e. The van der Waals surface area contributed by atoms with Crippen molar-refractivity contribution in [2.75, 3.05) is 26.7 Å². The number of aliphatic hydroxyl groups is 1. The Morgan fingerprint density at radius 1 is 1.28 bits per heavy atom. The molecular formula is C14H22ClNO2. The Labute approximate surface area is 114 Å². The number of likely N-dealkylation sites (N-methyl/N-ethyl adjacent to an activating group) is 1. The third-order valence-electron chi connectivity index (χ3n) is 2.42. The Hall–Kier alpha value is -0.770. The molecule has 0 atom stereocenters. The molecule has 0 radical (unpaired) electrons. The Kier molecular flexibility index (Phi) is 5.93. The van der Waals surface area contributed by atoms with Crippen molar-refractivity contribution in [1.29, 1.82) is 0 Å². The van der Waals surface area contributed by atoms with Gasteiger partial charge in [-0.1, -0.05) is 11.6 Å². The van der Waals surface area contributed by atoms with Crippen LogP contribution in [0.5, 0.6) is 5.75 Å². The highest BCUT2D eigenvalue weighted by molar-refractivity contribution is 6.30. The maximum absolute atomic E-state index is 9.66. The van der Waals surface area contributed by atoms with Crippen LogP contribution in [0.3, 0.4) is 0 Å². The summed E-state index contributed by atoms with van der Waals surface area (Å²) in [6, 6.07) is 7.36. The van der Waals surface area contributed by atoms with Gasteiger partial charge in [0.1, 0.15) is 5.75 Å². The van der Waals surface area contributed by atoms with Crippen molar-refractivity contribution in [3.8, 4) is 5.75 Å². The van der Waals surface area contributed by atoms with E-state index in [1.165, 1.54) is 0 Å². The van der Waals surface area contributed by atoms with Gasteiger partial charge in [-0.05, 0) is 51.6 Å². The van der Waals surface area contributed by atoms with E-state index in [0.29, 0.717) is 18.2 Å². The summed E-state index contributed by atoms with van der Waals surface area (Å²) in [5, 5.41) is 10.4. The molecular weight excluding hydrogens is 250 g/mol. The average Bonchev–Trinajstić information content (AvgIpc) is 2.24. The molecule has 3 nitrogen and oxygen atoms in total. The van der Waals surface area contributed by atoms with E-state index in [2.05, 4.69) is 4.90 Å². The molecule has 0 aliphatic rings. The van der Waals surface area contributed by atoms with Crippen molar-refractivity contribution >= 4 is 11.6 Å². The van der Waals surface area contributed by atoms with Gasteiger partial charge >= 0.3 is 0 Å². The van der Waals surface area contributed by atoms with Gasteiger partial charge in [0.25, 0.3) is 0 Å². The highest BCUT2D eigenvalue weighted by atomic mass is 35.5. The van der Waals surface area contributed by atoms with Gasteiger partial charge in [0.05, 0.1) is 12.2 Å². The molecule has 1 aromatic rings. The normalized spacial score (nSPS) is 11.9. The first-order valence-electron chi connectivity index (χ1n) is 6.16. The SMILES string of the molecule is CN(CCCOc1ccc(Cl)cc1)CC(C)(C)O. The summed E-state index contributed by atoms with van der Waals surface area (Å²) in [5.74, 6) is 0.838. The van der Waals surface area contributed by atoms with Gasteiger partial charge in [0.2, 0.25) is 0 Å². The maximum Gasteiger partial charge on any atom is 0.119 e. The predicted octanol–water partition coefficient (Wildman–Crippen LogP) is 2.81. The number of ether oxygens (including phenoxy) is 1. The zero-order chi connectivity index (χ0) is 13.6. The minimum absolute atomic E-state index is 0.647. The number of nitrogens with zero attached hydrogens (tertiary/aromatic N) is 1. The average molecular weight is 272 g/mol. The molecule has 0 aromatic heterocycles. The second kappa shape index (κ2) is 6.98. The zero-order valence-electron chi connectivity index (χ0n) is 11.3. The monoisotopic (exact) mass is 271 g/mol. The number of benzene rings is 1. The number of hydrogen-bond donors (Lipinski definition) is 1. The third kappa shape index (κ3) is 6.84. The van der Waals surface area contributed by atoms with Crippen LogP contribution in [0.25, 0.3) is 0 Å². The summed E-state index contributed by atoms with van der Waals surface area (Å²) >= 11 is 5.79. The van der Waals surface area contributed by atoms with Gasteiger partial charge in [-0.25, -0.2) is 0 Å². The summed E-state index contributed by atoms with van der Waals surface area (Å²) in [5.41, 5.74) is -0.647. The van der Waals surface area contributed by atoms with Crippen LogP contribution in [-0.2, 0) is 0 Å². The molecule has 102 valence electrons. The molecule has 0 heterocycles. The summed E-state index contributed by atoms with van der Waals surface area (Å²) in [4.78, 5) is 2.10. The van der Waals surface area contributed by atoms with E-state index < -0.39 is 5.60 Å². The molecule has 0 unspecified atom stereocenters. The number of hydrogen-bond acceptors (Lipinski definition) is 3. The summed E-state index contributed by atoms with van der Waals surface area (Å²) in [7, 11) is 2.00. The molecule has 0 fully saturated rings. The quantitative estimate of drug-likeness (QED) is 0.774. The minimum atomic E-state index is -0.647. The van der Waals surface area contributed by atoms with Crippen molar-refractivity contribution in [2.24, 2.45) is 0 Å². The van der Waals surface area contributed by atoms with Crippen molar-refractivity contribution in [3.63, 3.8) is 0 Å². The van der Waals surface area contributed by atoms with Crippen LogP contribution in [0.2, 0.25) is 5.02 Å². The Bertz CT molecular complexity index is 346. The highest BCUT2D eigenvalue weighted by Gasteiger charge is 2.14. The van der Waals surface area contributed by atoms with Crippen molar-refractivity contribution in [3.05, 3.63) is 29.3 Å². The summed E-state index contributed by atoms with van der Waals surface area (Å²) < 4.78 is 5.59. The first-order chi connectivity index (χ1) is 8.37.